The number of nitrogens with zero attached hydrogens (tertiary/aromatic N) is 2. The van der Waals surface area contributed by atoms with E-state index in [9.17, 15) is 15.0 Å². The SMILES string of the molecule is Cc1nc(N2CC(O)C(O)C2)cc(=O)[nH]1. The normalized spacial score (nSPS) is 25.9. The summed E-state index contributed by atoms with van der Waals surface area (Å²) in [5.74, 6) is 1.01. The van der Waals surface area contributed by atoms with Gasteiger partial charge in [-0.05, 0) is 6.92 Å². The molecular weight excluding hydrogens is 198 g/mol. The molecular formula is C9H13N3O3. The molecule has 1 aromatic heterocycles. The van der Waals surface area contributed by atoms with Crippen molar-refractivity contribution >= 4 is 5.82 Å². The maximum Gasteiger partial charge on any atom is 0.252 e. The smallest absolute Gasteiger partial charge is 0.252 e. The Morgan fingerprint density at radius 1 is 1.47 bits per heavy atom. The quantitative estimate of drug-likeness (QED) is 0.532. The molecule has 1 aliphatic heterocycles. The molecule has 0 spiro atoms. The van der Waals surface area contributed by atoms with Crippen LogP contribution in [-0.2, 0) is 0 Å². The van der Waals surface area contributed by atoms with E-state index in [0.29, 0.717) is 24.7 Å². The Morgan fingerprint density at radius 3 is 2.60 bits per heavy atom. The van der Waals surface area contributed by atoms with Crippen molar-refractivity contribution in [3.8, 4) is 0 Å². The maximum atomic E-state index is 11.2. The number of H-pyrrole nitrogens is 1. The summed E-state index contributed by atoms with van der Waals surface area (Å²) in [6.45, 7) is 2.29. The number of aryl methyl sites for hydroxylation is 1. The zero-order chi connectivity index (χ0) is 11.0. The molecule has 6 nitrogen and oxygen atoms in total. The summed E-state index contributed by atoms with van der Waals surface area (Å²) in [5.41, 5.74) is -0.228. The first-order chi connectivity index (χ1) is 7.06. The molecule has 0 radical (unpaired) electrons. The van der Waals surface area contributed by atoms with Gasteiger partial charge < -0.3 is 20.1 Å². The van der Waals surface area contributed by atoms with Crippen molar-refractivity contribution in [3.05, 3.63) is 22.2 Å². The summed E-state index contributed by atoms with van der Waals surface area (Å²) in [5, 5.41) is 18.7. The van der Waals surface area contributed by atoms with Gasteiger partial charge in [0.25, 0.3) is 5.56 Å². The van der Waals surface area contributed by atoms with Crippen LogP contribution in [-0.4, -0.2) is 45.5 Å². The molecule has 2 unspecified atom stereocenters. The molecule has 2 rings (SSSR count). The van der Waals surface area contributed by atoms with Crippen molar-refractivity contribution in [1.29, 1.82) is 0 Å². The zero-order valence-electron chi connectivity index (χ0n) is 8.34. The highest BCUT2D eigenvalue weighted by Crippen LogP contribution is 2.16. The lowest BCUT2D eigenvalue weighted by Gasteiger charge is -2.15. The van der Waals surface area contributed by atoms with Crippen LogP contribution in [0.3, 0.4) is 0 Å². The van der Waals surface area contributed by atoms with Gasteiger partial charge in [0.2, 0.25) is 0 Å². The number of aliphatic hydroxyl groups is 2. The molecule has 15 heavy (non-hydrogen) atoms. The third-order valence-electron chi connectivity index (χ3n) is 2.43. The van der Waals surface area contributed by atoms with E-state index in [2.05, 4.69) is 9.97 Å². The Labute approximate surface area is 86.2 Å². The van der Waals surface area contributed by atoms with E-state index >= 15 is 0 Å². The summed E-state index contributed by atoms with van der Waals surface area (Å²) >= 11 is 0. The fourth-order valence-corrected chi connectivity index (χ4v) is 1.68. The van der Waals surface area contributed by atoms with Gasteiger partial charge in [0, 0.05) is 19.2 Å². The van der Waals surface area contributed by atoms with Gasteiger partial charge in [-0.15, -0.1) is 0 Å². The molecule has 2 atom stereocenters. The third-order valence-corrected chi connectivity index (χ3v) is 2.43. The summed E-state index contributed by atoms with van der Waals surface area (Å²) in [7, 11) is 0. The first-order valence-corrected chi connectivity index (χ1v) is 4.75. The van der Waals surface area contributed by atoms with E-state index in [4.69, 9.17) is 0 Å². The molecule has 0 amide bonds. The molecule has 0 saturated carbocycles. The second-order valence-corrected chi connectivity index (χ2v) is 3.73. The van der Waals surface area contributed by atoms with Crippen molar-refractivity contribution < 1.29 is 10.2 Å². The lowest BCUT2D eigenvalue weighted by Crippen LogP contribution is -2.24. The van der Waals surface area contributed by atoms with Gasteiger partial charge in [-0.3, -0.25) is 4.79 Å². The highest BCUT2D eigenvalue weighted by molar-refractivity contribution is 5.39. The van der Waals surface area contributed by atoms with Crippen LogP contribution in [0.25, 0.3) is 0 Å². The van der Waals surface area contributed by atoms with E-state index in [1.165, 1.54) is 6.07 Å². The Morgan fingerprint density at radius 2 is 2.07 bits per heavy atom. The lowest BCUT2D eigenvalue weighted by molar-refractivity contribution is 0.0572. The molecule has 82 valence electrons. The van der Waals surface area contributed by atoms with Crippen LogP contribution in [0.2, 0.25) is 0 Å². The largest absolute Gasteiger partial charge is 0.389 e. The Balaban J connectivity index is 2.27. The minimum absolute atomic E-state index is 0.228. The second kappa shape index (κ2) is 3.63. The average molecular weight is 211 g/mol. The number of aromatic nitrogens is 2. The fourth-order valence-electron chi connectivity index (χ4n) is 1.68. The van der Waals surface area contributed by atoms with Crippen LogP contribution in [0.5, 0.6) is 0 Å². The number of β-amino-alcohol motifs (C(OH)–C–C–N with tert-alkyl or cyclic N) is 2. The molecule has 2 heterocycles. The highest BCUT2D eigenvalue weighted by atomic mass is 16.3. The van der Waals surface area contributed by atoms with Crippen LogP contribution < -0.4 is 10.5 Å². The van der Waals surface area contributed by atoms with E-state index < -0.39 is 12.2 Å². The number of aliphatic hydroxyl groups excluding tert-OH is 2. The van der Waals surface area contributed by atoms with Crippen LogP contribution >= 0.6 is 0 Å². The maximum absolute atomic E-state index is 11.2. The molecule has 0 bridgehead atoms. The number of nitrogens with one attached hydrogen (secondary N) is 1. The summed E-state index contributed by atoms with van der Waals surface area (Å²) in [4.78, 5) is 19.5. The minimum Gasteiger partial charge on any atom is -0.389 e. The standard InChI is InChI=1S/C9H13N3O3/c1-5-10-8(2-9(15)11-5)12-3-6(13)7(14)4-12/h2,6-7,13-14H,3-4H2,1H3,(H,10,11,15). The number of rotatable bonds is 1. The first kappa shape index (κ1) is 10.1. The molecule has 1 aliphatic rings. The van der Waals surface area contributed by atoms with Crippen LogP contribution in [0.1, 0.15) is 5.82 Å². The Bertz CT molecular complexity index is 407. The third kappa shape index (κ3) is 2.00. The van der Waals surface area contributed by atoms with Gasteiger partial charge in [-0.1, -0.05) is 0 Å². The van der Waals surface area contributed by atoms with Crippen LogP contribution in [0.15, 0.2) is 10.9 Å². The van der Waals surface area contributed by atoms with Crippen molar-refractivity contribution in [2.75, 3.05) is 18.0 Å². The molecule has 1 saturated heterocycles. The Kier molecular flexibility index (Phi) is 2.45. The summed E-state index contributed by atoms with van der Waals surface area (Å²) in [6, 6.07) is 1.36. The fraction of sp³-hybridized carbons (Fsp3) is 0.556. The molecule has 6 heteroatoms. The molecule has 3 N–H and O–H groups in total. The van der Waals surface area contributed by atoms with Crippen LogP contribution in [0, 0.1) is 6.92 Å². The minimum atomic E-state index is -0.772. The summed E-state index contributed by atoms with van der Waals surface area (Å²) < 4.78 is 0. The van der Waals surface area contributed by atoms with E-state index in [0.717, 1.165) is 0 Å². The van der Waals surface area contributed by atoms with Crippen molar-refractivity contribution in [2.24, 2.45) is 0 Å². The lowest BCUT2D eigenvalue weighted by atomic mass is 10.3. The van der Waals surface area contributed by atoms with Gasteiger partial charge >= 0.3 is 0 Å². The van der Waals surface area contributed by atoms with E-state index in [1.54, 1.807) is 11.8 Å². The van der Waals surface area contributed by atoms with Gasteiger partial charge in [0.1, 0.15) is 11.6 Å². The highest BCUT2D eigenvalue weighted by Gasteiger charge is 2.30. The van der Waals surface area contributed by atoms with Crippen molar-refractivity contribution in [1.82, 2.24) is 9.97 Å². The predicted molar refractivity (Wildman–Crippen MR) is 53.8 cm³/mol. The van der Waals surface area contributed by atoms with E-state index in [-0.39, 0.29) is 5.56 Å². The van der Waals surface area contributed by atoms with Gasteiger partial charge in [-0.25, -0.2) is 4.98 Å². The van der Waals surface area contributed by atoms with Crippen LogP contribution in [0.4, 0.5) is 5.82 Å². The number of aromatic amines is 1. The molecule has 1 aromatic rings. The number of hydrogen-bond donors (Lipinski definition) is 3. The average Bonchev–Trinajstić information content (AvgIpc) is 2.45. The molecule has 1 fully saturated rings. The Hall–Kier alpha value is -1.40. The van der Waals surface area contributed by atoms with Crippen molar-refractivity contribution in [2.45, 2.75) is 19.1 Å². The number of anilines is 1. The van der Waals surface area contributed by atoms with E-state index in [1.807, 2.05) is 0 Å². The molecule has 0 aromatic carbocycles. The molecule has 0 aliphatic carbocycles. The second-order valence-electron chi connectivity index (χ2n) is 3.73. The van der Waals surface area contributed by atoms with Gasteiger partial charge in [0.15, 0.2) is 0 Å². The van der Waals surface area contributed by atoms with Crippen molar-refractivity contribution in [3.63, 3.8) is 0 Å². The number of hydrogen-bond acceptors (Lipinski definition) is 5. The van der Waals surface area contributed by atoms with Gasteiger partial charge in [-0.2, -0.15) is 0 Å². The monoisotopic (exact) mass is 211 g/mol. The summed E-state index contributed by atoms with van der Waals surface area (Å²) in [6.07, 6.45) is -1.54. The topological polar surface area (TPSA) is 89.4 Å². The zero-order valence-corrected chi connectivity index (χ0v) is 8.34. The predicted octanol–water partition coefficient (Wildman–Crippen LogP) is -1.38. The van der Waals surface area contributed by atoms with Gasteiger partial charge in [0.05, 0.1) is 12.2 Å². The first-order valence-electron chi connectivity index (χ1n) is 4.75.